The topological polar surface area (TPSA) is 64.1 Å². The third-order valence-electron chi connectivity index (χ3n) is 5.01. The first-order valence-electron chi connectivity index (χ1n) is 9.92. The van der Waals surface area contributed by atoms with Crippen LogP contribution in [-0.2, 0) is 11.2 Å². The Bertz CT molecular complexity index is 947. The number of benzene rings is 2. The van der Waals surface area contributed by atoms with Gasteiger partial charge in [-0.25, -0.2) is 0 Å². The number of carbonyl (C=O) groups excluding carboxylic acids is 1. The van der Waals surface area contributed by atoms with E-state index < -0.39 is 5.60 Å². The van der Waals surface area contributed by atoms with Gasteiger partial charge in [0.05, 0.1) is 0 Å². The second-order valence-electron chi connectivity index (χ2n) is 7.78. The van der Waals surface area contributed by atoms with Crippen LogP contribution in [0.1, 0.15) is 37.8 Å². The quantitative estimate of drug-likeness (QED) is 0.564. The monoisotopic (exact) mass is 423 g/mol. The van der Waals surface area contributed by atoms with Gasteiger partial charge in [-0.2, -0.15) is 5.10 Å². The van der Waals surface area contributed by atoms with Gasteiger partial charge in [0.15, 0.2) is 5.60 Å². The number of hydrogen-bond acceptors (Lipinski definition) is 4. The minimum absolute atomic E-state index is 0.0867. The van der Waals surface area contributed by atoms with Crippen molar-refractivity contribution in [1.29, 1.82) is 0 Å². The molecule has 0 aliphatic rings. The van der Waals surface area contributed by atoms with Crippen LogP contribution in [0.2, 0.25) is 5.02 Å². The maximum atomic E-state index is 13.0. The molecule has 30 heavy (non-hydrogen) atoms. The van der Waals surface area contributed by atoms with Crippen LogP contribution in [0.3, 0.4) is 0 Å². The lowest BCUT2D eigenvalue weighted by atomic mass is 9.86. The van der Waals surface area contributed by atoms with E-state index in [0.29, 0.717) is 10.9 Å². The number of hydrogen-bond donors (Lipinski definition) is 1. The number of halogens is 1. The second kappa shape index (κ2) is 9.72. The molecule has 0 saturated carbocycles. The normalized spacial score (nSPS) is 13.3. The average Bonchev–Trinajstić information content (AvgIpc) is 2.74. The lowest BCUT2D eigenvalue weighted by molar-refractivity contribution is -0.135. The summed E-state index contributed by atoms with van der Waals surface area (Å²) in [5, 5.41) is 11.5. The van der Waals surface area contributed by atoms with Crippen molar-refractivity contribution in [2.45, 2.75) is 44.8 Å². The first-order valence-corrected chi connectivity index (χ1v) is 10.3. The van der Waals surface area contributed by atoms with E-state index in [0.717, 1.165) is 17.5 Å². The Kier molecular flexibility index (Phi) is 7.06. The lowest BCUT2D eigenvalue weighted by Crippen LogP contribution is -2.51. The van der Waals surface area contributed by atoms with Crippen LogP contribution in [0, 0.1) is 0 Å². The standard InChI is InChI=1S/C24H26ClN3O2/c1-17(27-23(29)24(2,3)30-22-10-7-15-26-28-22)21(19-8-5-4-6-9-19)16-18-11-13-20(25)14-12-18/h4-15,17,21H,16H2,1-3H3,(H,27,29)/t17-,21+/m0/s1. The van der Waals surface area contributed by atoms with Crippen molar-refractivity contribution in [3.8, 4) is 5.88 Å². The molecular weight excluding hydrogens is 398 g/mol. The summed E-state index contributed by atoms with van der Waals surface area (Å²) in [7, 11) is 0. The number of amides is 1. The molecule has 0 aliphatic carbocycles. The molecule has 0 fully saturated rings. The van der Waals surface area contributed by atoms with E-state index in [2.05, 4.69) is 27.6 Å². The highest BCUT2D eigenvalue weighted by Crippen LogP contribution is 2.26. The van der Waals surface area contributed by atoms with Gasteiger partial charge >= 0.3 is 0 Å². The van der Waals surface area contributed by atoms with Gasteiger partial charge < -0.3 is 10.1 Å². The number of nitrogens with zero attached hydrogens (tertiary/aromatic N) is 2. The van der Waals surface area contributed by atoms with E-state index in [1.54, 1.807) is 32.2 Å². The number of nitrogens with one attached hydrogen (secondary N) is 1. The van der Waals surface area contributed by atoms with Gasteiger partial charge in [-0.3, -0.25) is 4.79 Å². The molecule has 3 rings (SSSR count). The van der Waals surface area contributed by atoms with Crippen molar-refractivity contribution < 1.29 is 9.53 Å². The van der Waals surface area contributed by atoms with Gasteiger partial charge in [0.1, 0.15) is 0 Å². The molecule has 0 spiro atoms. The molecule has 0 bridgehead atoms. The van der Waals surface area contributed by atoms with Crippen LogP contribution in [0.4, 0.5) is 0 Å². The van der Waals surface area contributed by atoms with E-state index in [4.69, 9.17) is 16.3 Å². The molecule has 1 aromatic heterocycles. The summed E-state index contributed by atoms with van der Waals surface area (Å²) in [5.74, 6) is 0.187. The summed E-state index contributed by atoms with van der Waals surface area (Å²) in [6, 6.07) is 21.3. The average molecular weight is 424 g/mol. The van der Waals surface area contributed by atoms with Crippen LogP contribution < -0.4 is 10.1 Å². The third-order valence-corrected chi connectivity index (χ3v) is 5.27. The highest BCUT2D eigenvalue weighted by Gasteiger charge is 2.33. The lowest BCUT2D eigenvalue weighted by Gasteiger charge is -2.30. The summed E-state index contributed by atoms with van der Waals surface area (Å²) in [6.07, 6.45) is 2.33. The summed E-state index contributed by atoms with van der Waals surface area (Å²) in [4.78, 5) is 13.0. The molecule has 5 nitrogen and oxygen atoms in total. The number of ether oxygens (including phenoxy) is 1. The maximum Gasteiger partial charge on any atom is 0.263 e. The largest absolute Gasteiger partial charge is 0.460 e. The summed E-state index contributed by atoms with van der Waals surface area (Å²) < 4.78 is 5.78. The van der Waals surface area contributed by atoms with Gasteiger partial charge in [0, 0.05) is 29.2 Å². The molecule has 0 saturated heterocycles. The molecule has 3 aromatic rings. The molecule has 1 amide bonds. The van der Waals surface area contributed by atoms with Gasteiger partial charge in [-0.05, 0) is 56.5 Å². The third kappa shape index (κ3) is 5.80. The fourth-order valence-corrected chi connectivity index (χ4v) is 3.41. The van der Waals surface area contributed by atoms with Crippen molar-refractivity contribution in [2.75, 3.05) is 0 Å². The molecular formula is C24H26ClN3O2. The molecule has 1 heterocycles. The maximum absolute atomic E-state index is 13.0. The molecule has 2 aromatic carbocycles. The zero-order valence-corrected chi connectivity index (χ0v) is 18.1. The van der Waals surface area contributed by atoms with Gasteiger partial charge in [-0.1, -0.05) is 54.1 Å². The number of rotatable bonds is 8. The SMILES string of the molecule is C[C@H](NC(=O)C(C)(C)Oc1cccnn1)[C@@H](Cc1ccc(Cl)cc1)c1ccccc1. The first-order chi connectivity index (χ1) is 14.3. The molecule has 2 atom stereocenters. The van der Waals surface area contributed by atoms with E-state index in [-0.39, 0.29) is 17.9 Å². The Morgan fingerprint density at radius 2 is 1.77 bits per heavy atom. The first kappa shape index (κ1) is 21.8. The van der Waals surface area contributed by atoms with Crippen LogP contribution in [0.15, 0.2) is 72.9 Å². The van der Waals surface area contributed by atoms with Crippen LogP contribution in [0.5, 0.6) is 5.88 Å². The van der Waals surface area contributed by atoms with E-state index in [1.165, 1.54) is 0 Å². The zero-order chi connectivity index (χ0) is 21.6. The number of aromatic nitrogens is 2. The molecule has 0 aliphatic heterocycles. The van der Waals surface area contributed by atoms with Crippen molar-refractivity contribution >= 4 is 17.5 Å². The fraction of sp³-hybridized carbons (Fsp3) is 0.292. The Labute approximate surface area is 182 Å². The Hall–Kier alpha value is -2.92. The summed E-state index contributed by atoms with van der Waals surface area (Å²) >= 11 is 6.03. The predicted molar refractivity (Wildman–Crippen MR) is 119 cm³/mol. The smallest absolute Gasteiger partial charge is 0.263 e. The van der Waals surface area contributed by atoms with Gasteiger partial charge in [-0.15, -0.1) is 5.10 Å². The predicted octanol–water partition coefficient (Wildman–Crippen LogP) is 4.82. The van der Waals surface area contributed by atoms with Crippen molar-refractivity contribution in [2.24, 2.45) is 0 Å². The van der Waals surface area contributed by atoms with Crippen molar-refractivity contribution in [3.63, 3.8) is 0 Å². The minimum atomic E-state index is -1.09. The molecule has 0 unspecified atom stereocenters. The number of carbonyl (C=O) groups is 1. The van der Waals surface area contributed by atoms with E-state index in [9.17, 15) is 4.79 Å². The van der Waals surface area contributed by atoms with Crippen molar-refractivity contribution in [1.82, 2.24) is 15.5 Å². The Morgan fingerprint density at radius 1 is 1.07 bits per heavy atom. The Morgan fingerprint density at radius 3 is 2.40 bits per heavy atom. The molecule has 156 valence electrons. The highest BCUT2D eigenvalue weighted by atomic mass is 35.5. The van der Waals surface area contributed by atoms with E-state index >= 15 is 0 Å². The molecule has 1 N–H and O–H groups in total. The second-order valence-corrected chi connectivity index (χ2v) is 8.22. The molecule has 0 radical (unpaired) electrons. The summed E-state index contributed by atoms with van der Waals surface area (Å²) in [5.41, 5.74) is 1.23. The minimum Gasteiger partial charge on any atom is -0.460 e. The van der Waals surface area contributed by atoms with Crippen molar-refractivity contribution in [3.05, 3.63) is 89.1 Å². The van der Waals surface area contributed by atoms with Crippen LogP contribution in [0.25, 0.3) is 0 Å². The highest BCUT2D eigenvalue weighted by molar-refractivity contribution is 6.30. The van der Waals surface area contributed by atoms with Crippen LogP contribution in [-0.4, -0.2) is 27.7 Å². The zero-order valence-electron chi connectivity index (χ0n) is 17.4. The summed E-state index contributed by atoms with van der Waals surface area (Å²) in [6.45, 7) is 5.46. The van der Waals surface area contributed by atoms with Crippen LogP contribution >= 0.6 is 11.6 Å². The Balaban J connectivity index is 1.76. The fourth-order valence-electron chi connectivity index (χ4n) is 3.29. The molecule has 6 heteroatoms. The van der Waals surface area contributed by atoms with Gasteiger partial charge in [0.25, 0.3) is 5.91 Å². The van der Waals surface area contributed by atoms with Gasteiger partial charge in [0.2, 0.25) is 5.88 Å². The van der Waals surface area contributed by atoms with E-state index in [1.807, 2.05) is 49.4 Å².